The van der Waals surface area contributed by atoms with Gasteiger partial charge >= 0.3 is 0 Å². The van der Waals surface area contributed by atoms with Gasteiger partial charge in [0.15, 0.2) is 0 Å². The lowest BCUT2D eigenvalue weighted by atomic mass is 10.0. The minimum absolute atomic E-state index is 0.586. The number of hydrogen-bond acceptors (Lipinski definition) is 3. The van der Waals surface area contributed by atoms with E-state index in [1.54, 1.807) is 0 Å². The third-order valence-electron chi connectivity index (χ3n) is 4.91. The van der Waals surface area contributed by atoms with Crippen molar-refractivity contribution >= 4 is 10.9 Å². The zero-order valence-electron chi connectivity index (χ0n) is 12.6. The lowest BCUT2D eigenvalue weighted by Gasteiger charge is -2.39. The molecule has 2 aromatic rings. The van der Waals surface area contributed by atoms with Crippen molar-refractivity contribution in [1.29, 1.82) is 0 Å². The molecular formula is C18H23N3. The first-order chi connectivity index (χ1) is 10.3. The van der Waals surface area contributed by atoms with E-state index in [9.17, 15) is 0 Å². The minimum Gasteiger partial charge on any atom is -0.311 e. The van der Waals surface area contributed by atoms with Gasteiger partial charge in [0.05, 0.1) is 5.52 Å². The van der Waals surface area contributed by atoms with Crippen LogP contribution in [0.25, 0.3) is 10.9 Å². The number of rotatable bonds is 3. The van der Waals surface area contributed by atoms with Gasteiger partial charge in [0.1, 0.15) is 0 Å². The van der Waals surface area contributed by atoms with E-state index in [0.717, 1.165) is 25.6 Å². The molecule has 2 heterocycles. The maximum Gasteiger partial charge on any atom is 0.0746 e. The summed E-state index contributed by atoms with van der Waals surface area (Å²) in [6, 6.07) is 12.0. The van der Waals surface area contributed by atoms with Gasteiger partial charge in [-0.05, 0) is 37.3 Å². The lowest BCUT2D eigenvalue weighted by molar-refractivity contribution is 0.112. The Hall–Kier alpha value is -1.45. The van der Waals surface area contributed by atoms with Gasteiger partial charge in [0.2, 0.25) is 0 Å². The molecule has 1 saturated carbocycles. The summed E-state index contributed by atoms with van der Waals surface area (Å²) in [5, 5.41) is 4.90. The van der Waals surface area contributed by atoms with Crippen LogP contribution in [0, 0.1) is 5.92 Å². The van der Waals surface area contributed by atoms with Crippen molar-refractivity contribution in [3.8, 4) is 0 Å². The molecule has 3 heteroatoms. The number of hydrogen-bond donors (Lipinski definition) is 1. The van der Waals surface area contributed by atoms with E-state index in [-0.39, 0.29) is 0 Å². The fraction of sp³-hybridized carbons (Fsp3) is 0.500. The summed E-state index contributed by atoms with van der Waals surface area (Å²) in [4.78, 5) is 7.29. The van der Waals surface area contributed by atoms with Gasteiger partial charge < -0.3 is 5.32 Å². The number of fused-ring (bicyclic) bond motifs is 1. The smallest absolute Gasteiger partial charge is 0.0746 e. The van der Waals surface area contributed by atoms with E-state index >= 15 is 0 Å². The van der Waals surface area contributed by atoms with Gasteiger partial charge in [-0.3, -0.25) is 9.88 Å². The highest BCUT2D eigenvalue weighted by atomic mass is 15.2. The van der Waals surface area contributed by atoms with Crippen LogP contribution in [0.1, 0.15) is 25.3 Å². The maximum atomic E-state index is 4.61. The summed E-state index contributed by atoms with van der Waals surface area (Å²) in [6.45, 7) is 5.60. The van der Waals surface area contributed by atoms with E-state index in [1.165, 1.54) is 29.3 Å². The molecule has 110 valence electrons. The Morgan fingerprint density at radius 2 is 2.10 bits per heavy atom. The summed E-state index contributed by atoms with van der Waals surface area (Å²) >= 11 is 0. The highest BCUT2D eigenvalue weighted by Crippen LogP contribution is 2.37. The largest absolute Gasteiger partial charge is 0.311 e. The van der Waals surface area contributed by atoms with Crippen molar-refractivity contribution in [1.82, 2.24) is 15.2 Å². The number of para-hydroxylation sites is 1. The van der Waals surface area contributed by atoms with Crippen LogP contribution >= 0.6 is 0 Å². The molecule has 1 saturated heterocycles. The van der Waals surface area contributed by atoms with Crippen molar-refractivity contribution in [3.63, 3.8) is 0 Å². The van der Waals surface area contributed by atoms with Gasteiger partial charge in [-0.15, -0.1) is 0 Å². The van der Waals surface area contributed by atoms with Crippen LogP contribution in [0.4, 0.5) is 0 Å². The first-order valence-electron chi connectivity index (χ1n) is 8.11. The molecule has 2 fully saturated rings. The summed E-state index contributed by atoms with van der Waals surface area (Å²) in [6.07, 6.45) is 4.72. The van der Waals surface area contributed by atoms with Crippen molar-refractivity contribution < 1.29 is 0 Å². The summed E-state index contributed by atoms with van der Waals surface area (Å²) < 4.78 is 0. The summed E-state index contributed by atoms with van der Waals surface area (Å²) in [7, 11) is 0. The Kier molecular flexibility index (Phi) is 3.40. The highest BCUT2D eigenvalue weighted by Gasteiger charge is 2.37. The topological polar surface area (TPSA) is 28.2 Å². The van der Waals surface area contributed by atoms with E-state index < -0.39 is 0 Å². The molecule has 1 N–H and O–H groups in total. The zero-order chi connectivity index (χ0) is 14.2. The van der Waals surface area contributed by atoms with Gasteiger partial charge in [-0.2, -0.15) is 0 Å². The van der Waals surface area contributed by atoms with Crippen molar-refractivity contribution in [3.05, 3.63) is 42.1 Å². The molecule has 0 amide bonds. The fourth-order valence-corrected chi connectivity index (χ4v) is 3.64. The molecule has 21 heavy (non-hydrogen) atoms. The van der Waals surface area contributed by atoms with Gasteiger partial charge in [0, 0.05) is 43.3 Å². The van der Waals surface area contributed by atoms with Crippen LogP contribution in [0.15, 0.2) is 36.5 Å². The molecule has 1 aromatic carbocycles. The predicted molar refractivity (Wildman–Crippen MR) is 86.1 cm³/mol. The van der Waals surface area contributed by atoms with Gasteiger partial charge in [0.25, 0.3) is 0 Å². The number of benzene rings is 1. The highest BCUT2D eigenvalue weighted by molar-refractivity contribution is 5.81. The van der Waals surface area contributed by atoms with Crippen LogP contribution in [0.3, 0.4) is 0 Å². The number of nitrogens with zero attached hydrogens (tertiary/aromatic N) is 2. The molecule has 0 bridgehead atoms. The third kappa shape index (κ3) is 2.68. The van der Waals surface area contributed by atoms with Crippen LogP contribution in [0.5, 0.6) is 0 Å². The molecule has 1 aliphatic heterocycles. The lowest BCUT2D eigenvalue weighted by Crippen LogP contribution is -2.55. The molecule has 2 atom stereocenters. The number of nitrogens with one attached hydrogen (secondary N) is 1. The molecule has 1 aliphatic carbocycles. The fourth-order valence-electron chi connectivity index (χ4n) is 3.64. The van der Waals surface area contributed by atoms with Crippen LogP contribution in [-0.4, -0.2) is 35.1 Å². The monoisotopic (exact) mass is 281 g/mol. The van der Waals surface area contributed by atoms with Crippen molar-refractivity contribution in [2.24, 2.45) is 5.92 Å². The molecule has 3 nitrogen and oxygen atoms in total. The molecule has 0 radical (unpaired) electrons. The van der Waals surface area contributed by atoms with Crippen molar-refractivity contribution in [2.75, 3.05) is 13.1 Å². The predicted octanol–water partition coefficient (Wildman–Crippen LogP) is 2.81. The Bertz CT molecular complexity index is 630. The standard InChI is InChI=1S/C18H23N3/c1-13-11-21(17(10-20-13)14-7-8-14)12-16-5-2-4-15-6-3-9-19-18(15)16/h2-6,9,13-14,17,20H,7-8,10-12H2,1H3. The Morgan fingerprint density at radius 3 is 2.95 bits per heavy atom. The zero-order valence-corrected chi connectivity index (χ0v) is 12.6. The van der Waals surface area contributed by atoms with Crippen LogP contribution < -0.4 is 5.32 Å². The number of aromatic nitrogens is 1. The maximum absolute atomic E-state index is 4.61. The first kappa shape index (κ1) is 13.2. The van der Waals surface area contributed by atoms with E-state index in [4.69, 9.17) is 0 Å². The average molecular weight is 281 g/mol. The molecule has 2 unspecified atom stereocenters. The average Bonchev–Trinajstić information content (AvgIpc) is 3.33. The molecular weight excluding hydrogens is 258 g/mol. The summed E-state index contributed by atoms with van der Waals surface area (Å²) in [5.74, 6) is 0.910. The quantitative estimate of drug-likeness (QED) is 0.937. The Balaban J connectivity index is 1.63. The SMILES string of the molecule is CC1CN(Cc2cccc3cccnc23)C(C2CC2)CN1. The molecule has 0 spiro atoms. The Morgan fingerprint density at radius 1 is 1.24 bits per heavy atom. The van der Waals surface area contributed by atoms with E-state index in [0.29, 0.717) is 12.1 Å². The summed E-state index contributed by atoms with van der Waals surface area (Å²) in [5.41, 5.74) is 2.54. The molecule has 4 rings (SSSR count). The minimum atomic E-state index is 0.586. The second-order valence-electron chi connectivity index (χ2n) is 6.64. The second kappa shape index (κ2) is 5.39. The van der Waals surface area contributed by atoms with Gasteiger partial charge in [-0.25, -0.2) is 0 Å². The number of pyridine rings is 1. The normalized spacial score (nSPS) is 27.1. The van der Waals surface area contributed by atoms with Crippen LogP contribution in [-0.2, 0) is 6.54 Å². The second-order valence-corrected chi connectivity index (χ2v) is 6.64. The first-order valence-corrected chi connectivity index (χ1v) is 8.11. The van der Waals surface area contributed by atoms with Crippen molar-refractivity contribution in [2.45, 2.75) is 38.4 Å². The Labute approximate surface area is 126 Å². The van der Waals surface area contributed by atoms with Crippen LogP contribution in [0.2, 0.25) is 0 Å². The van der Waals surface area contributed by atoms with Gasteiger partial charge in [-0.1, -0.05) is 24.3 Å². The molecule has 2 aliphatic rings. The number of piperazine rings is 1. The molecule has 1 aromatic heterocycles. The van der Waals surface area contributed by atoms with E-state index in [2.05, 4.69) is 46.4 Å². The third-order valence-corrected chi connectivity index (χ3v) is 4.91. The van der Waals surface area contributed by atoms with E-state index in [1.807, 2.05) is 12.3 Å².